The summed E-state index contributed by atoms with van der Waals surface area (Å²) in [6.07, 6.45) is 2.18. The third-order valence-corrected chi connectivity index (χ3v) is 5.65. The lowest BCUT2D eigenvalue weighted by molar-refractivity contribution is 0.357. The molecule has 0 amide bonds. The molecule has 2 rings (SSSR count). The van der Waals surface area contributed by atoms with Crippen LogP contribution < -0.4 is 10.5 Å². The van der Waals surface area contributed by atoms with E-state index < -0.39 is 10.0 Å². The largest absolute Gasteiger partial charge is 0.464 e. The fraction of sp³-hybridized carbons (Fsp3) is 0.692. The molecule has 0 radical (unpaired) electrons. The van der Waals surface area contributed by atoms with E-state index in [4.69, 9.17) is 10.2 Å². The van der Waals surface area contributed by atoms with Gasteiger partial charge in [-0.15, -0.1) is 0 Å². The fourth-order valence-electron chi connectivity index (χ4n) is 2.33. The average Bonchev–Trinajstić information content (AvgIpc) is 3.04. The molecule has 1 fully saturated rings. The number of aryl methyl sites for hydroxylation is 1. The van der Waals surface area contributed by atoms with Gasteiger partial charge in [-0.2, -0.15) is 0 Å². The molecule has 0 spiro atoms. The van der Waals surface area contributed by atoms with Gasteiger partial charge in [-0.05, 0) is 31.1 Å². The first-order valence-corrected chi connectivity index (χ1v) is 8.08. The molecule has 5 nitrogen and oxygen atoms in total. The third-order valence-electron chi connectivity index (χ3n) is 4.15. The highest BCUT2D eigenvalue weighted by Gasteiger charge is 2.45. The molecule has 6 heteroatoms. The molecule has 0 saturated heterocycles. The SMILES string of the molecule is Cc1oc(CN)cc1S(=O)(=O)NCC1(C(C)C)CC1. The number of furan rings is 1. The lowest BCUT2D eigenvalue weighted by Crippen LogP contribution is -2.32. The molecule has 19 heavy (non-hydrogen) atoms. The van der Waals surface area contributed by atoms with Crippen LogP contribution in [0.3, 0.4) is 0 Å². The minimum atomic E-state index is -3.51. The molecule has 1 aliphatic rings. The predicted molar refractivity (Wildman–Crippen MR) is 73.0 cm³/mol. The van der Waals surface area contributed by atoms with E-state index in [-0.39, 0.29) is 16.9 Å². The first kappa shape index (κ1) is 14.6. The molecular weight excluding hydrogens is 264 g/mol. The van der Waals surface area contributed by atoms with E-state index in [2.05, 4.69) is 18.6 Å². The maximum atomic E-state index is 12.3. The third kappa shape index (κ3) is 2.85. The zero-order valence-corrected chi connectivity index (χ0v) is 12.5. The topological polar surface area (TPSA) is 85.3 Å². The van der Waals surface area contributed by atoms with E-state index in [0.29, 0.717) is 24.0 Å². The summed E-state index contributed by atoms with van der Waals surface area (Å²) in [5.41, 5.74) is 5.60. The maximum absolute atomic E-state index is 12.3. The molecule has 0 aromatic carbocycles. The van der Waals surface area contributed by atoms with E-state index in [1.54, 1.807) is 6.92 Å². The van der Waals surface area contributed by atoms with Crippen molar-refractivity contribution in [3.8, 4) is 0 Å². The Kier molecular flexibility index (Phi) is 3.77. The van der Waals surface area contributed by atoms with Gasteiger partial charge in [0.1, 0.15) is 16.4 Å². The molecule has 1 saturated carbocycles. The van der Waals surface area contributed by atoms with E-state index in [9.17, 15) is 8.42 Å². The van der Waals surface area contributed by atoms with Gasteiger partial charge in [-0.1, -0.05) is 13.8 Å². The highest BCUT2D eigenvalue weighted by Crippen LogP contribution is 2.51. The number of nitrogens with two attached hydrogens (primary N) is 1. The van der Waals surface area contributed by atoms with Gasteiger partial charge in [0, 0.05) is 12.6 Å². The van der Waals surface area contributed by atoms with Crippen LogP contribution in [0.4, 0.5) is 0 Å². The number of sulfonamides is 1. The van der Waals surface area contributed by atoms with Crippen molar-refractivity contribution in [2.24, 2.45) is 17.1 Å². The Balaban J connectivity index is 2.12. The van der Waals surface area contributed by atoms with Crippen molar-refractivity contribution < 1.29 is 12.8 Å². The lowest BCUT2D eigenvalue weighted by atomic mass is 9.93. The number of hydrogen-bond donors (Lipinski definition) is 2. The van der Waals surface area contributed by atoms with Crippen molar-refractivity contribution in [3.05, 3.63) is 17.6 Å². The summed E-state index contributed by atoms with van der Waals surface area (Å²) >= 11 is 0. The highest BCUT2D eigenvalue weighted by atomic mass is 32.2. The monoisotopic (exact) mass is 286 g/mol. The minimum Gasteiger partial charge on any atom is -0.464 e. The maximum Gasteiger partial charge on any atom is 0.244 e. The molecule has 1 aromatic rings. The van der Waals surface area contributed by atoms with Crippen LogP contribution >= 0.6 is 0 Å². The Morgan fingerprint density at radius 1 is 1.47 bits per heavy atom. The Hall–Kier alpha value is -0.850. The van der Waals surface area contributed by atoms with Crippen molar-refractivity contribution in [1.29, 1.82) is 0 Å². The normalized spacial score (nSPS) is 17.9. The molecule has 0 atom stereocenters. The van der Waals surface area contributed by atoms with Gasteiger partial charge in [0.05, 0.1) is 6.54 Å². The summed E-state index contributed by atoms with van der Waals surface area (Å²) in [7, 11) is -3.51. The van der Waals surface area contributed by atoms with E-state index in [1.807, 2.05) is 0 Å². The number of hydrogen-bond acceptors (Lipinski definition) is 4. The predicted octanol–water partition coefficient (Wildman–Crippen LogP) is 1.76. The van der Waals surface area contributed by atoms with E-state index >= 15 is 0 Å². The van der Waals surface area contributed by atoms with E-state index in [1.165, 1.54) is 6.07 Å². The summed E-state index contributed by atoms with van der Waals surface area (Å²) in [5.74, 6) is 1.37. The molecule has 1 heterocycles. The van der Waals surface area contributed by atoms with Gasteiger partial charge in [0.2, 0.25) is 10.0 Å². The zero-order chi connectivity index (χ0) is 14.3. The molecule has 0 unspecified atom stereocenters. The molecule has 1 aliphatic carbocycles. The summed E-state index contributed by atoms with van der Waals surface area (Å²) in [5, 5.41) is 0. The molecule has 108 valence electrons. The van der Waals surface area contributed by atoms with Crippen LogP contribution in [0.25, 0.3) is 0 Å². The molecule has 1 aromatic heterocycles. The van der Waals surface area contributed by atoms with Crippen molar-refractivity contribution in [1.82, 2.24) is 4.72 Å². The minimum absolute atomic E-state index is 0.140. The Labute approximate surface area is 114 Å². The van der Waals surface area contributed by atoms with Gasteiger partial charge in [0.15, 0.2) is 0 Å². The summed E-state index contributed by atoms with van der Waals surface area (Å²) in [4.78, 5) is 0.201. The van der Waals surface area contributed by atoms with Gasteiger partial charge in [-0.3, -0.25) is 0 Å². The number of nitrogens with one attached hydrogen (secondary N) is 1. The highest BCUT2D eigenvalue weighted by molar-refractivity contribution is 7.89. The summed E-state index contributed by atoms with van der Waals surface area (Å²) < 4.78 is 32.5. The first-order valence-electron chi connectivity index (χ1n) is 6.60. The second kappa shape index (κ2) is 4.92. The van der Waals surface area contributed by atoms with E-state index in [0.717, 1.165) is 12.8 Å². The summed E-state index contributed by atoms with van der Waals surface area (Å²) in [6, 6.07) is 1.51. The van der Waals surface area contributed by atoms with Crippen LogP contribution in [0.15, 0.2) is 15.4 Å². The van der Waals surface area contributed by atoms with Crippen LogP contribution in [0.2, 0.25) is 0 Å². The van der Waals surface area contributed by atoms with Crippen LogP contribution in [0.1, 0.15) is 38.2 Å². The molecule has 3 N–H and O–H groups in total. The van der Waals surface area contributed by atoms with Crippen LogP contribution in [0, 0.1) is 18.3 Å². The Bertz CT molecular complexity index is 556. The second-order valence-electron chi connectivity index (χ2n) is 5.68. The van der Waals surface area contributed by atoms with Gasteiger partial charge in [0.25, 0.3) is 0 Å². The standard InChI is InChI=1S/C13H22N2O3S/c1-9(2)13(4-5-13)8-15-19(16,17)12-6-11(7-14)18-10(12)3/h6,9,15H,4-5,7-8,14H2,1-3H3. The van der Waals surface area contributed by atoms with Crippen molar-refractivity contribution in [3.63, 3.8) is 0 Å². The van der Waals surface area contributed by atoms with Crippen molar-refractivity contribution in [2.45, 2.75) is 45.1 Å². The van der Waals surface area contributed by atoms with Crippen molar-refractivity contribution in [2.75, 3.05) is 6.54 Å². The Morgan fingerprint density at radius 2 is 2.11 bits per heavy atom. The number of rotatable bonds is 6. The quantitative estimate of drug-likeness (QED) is 0.834. The van der Waals surface area contributed by atoms with Gasteiger partial charge >= 0.3 is 0 Å². The molecular formula is C13H22N2O3S. The smallest absolute Gasteiger partial charge is 0.244 e. The molecule has 0 bridgehead atoms. The zero-order valence-electron chi connectivity index (χ0n) is 11.7. The van der Waals surface area contributed by atoms with Crippen LogP contribution in [-0.2, 0) is 16.6 Å². The van der Waals surface area contributed by atoms with Crippen LogP contribution in [0.5, 0.6) is 0 Å². The second-order valence-corrected chi connectivity index (χ2v) is 7.41. The summed E-state index contributed by atoms with van der Waals surface area (Å²) in [6.45, 7) is 6.61. The lowest BCUT2D eigenvalue weighted by Gasteiger charge is -2.19. The average molecular weight is 286 g/mol. The molecule has 0 aliphatic heterocycles. The van der Waals surface area contributed by atoms with Gasteiger partial charge in [-0.25, -0.2) is 13.1 Å². The Morgan fingerprint density at radius 3 is 2.53 bits per heavy atom. The fourth-order valence-corrected chi connectivity index (χ4v) is 3.67. The van der Waals surface area contributed by atoms with Crippen LogP contribution in [-0.4, -0.2) is 15.0 Å². The van der Waals surface area contributed by atoms with Gasteiger partial charge < -0.3 is 10.2 Å². The van der Waals surface area contributed by atoms with Crippen molar-refractivity contribution >= 4 is 10.0 Å². The first-order chi connectivity index (χ1) is 8.81.